The van der Waals surface area contributed by atoms with Gasteiger partial charge in [-0.15, -0.1) is 0 Å². The first kappa shape index (κ1) is 12.9. The van der Waals surface area contributed by atoms with Gasteiger partial charge in [-0.1, -0.05) is 6.92 Å². The Bertz CT molecular complexity index is 198. The molecule has 0 bridgehead atoms. The molecule has 0 aromatic rings. The quantitative estimate of drug-likeness (QED) is 0.427. The van der Waals surface area contributed by atoms with Crippen molar-refractivity contribution in [2.45, 2.75) is 13.3 Å². The van der Waals surface area contributed by atoms with Gasteiger partial charge in [-0.2, -0.15) is 0 Å². The summed E-state index contributed by atoms with van der Waals surface area (Å²) in [6, 6.07) is 0. The monoisotopic (exact) mass is 203 g/mol. The van der Waals surface area contributed by atoms with Crippen LogP contribution >= 0.6 is 0 Å². The lowest BCUT2D eigenvalue weighted by atomic mass is 9.91. The Hall–Kier alpha value is -1.14. The summed E-state index contributed by atoms with van der Waals surface area (Å²) in [4.78, 5) is 17.9. The zero-order valence-corrected chi connectivity index (χ0v) is 7.91. The fraction of sp³-hybridized carbons (Fsp3) is 0.750. The lowest BCUT2D eigenvalue weighted by Crippen LogP contribution is -2.42. The Kier molecular flexibility index (Phi) is 5.11. The summed E-state index contributed by atoms with van der Waals surface area (Å²) >= 11 is 0. The molecule has 1 aliphatic heterocycles. The van der Waals surface area contributed by atoms with Crippen LogP contribution in [0, 0.1) is 5.41 Å². The van der Waals surface area contributed by atoms with Crippen molar-refractivity contribution in [2.24, 2.45) is 5.41 Å². The van der Waals surface area contributed by atoms with Gasteiger partial charge < -0.3 is 30.2 Å². The smallest absolute Gasteiger partial charge is 0.0870 e. The van der Waals surface area contributed by atoms with Gasteiger partial charge in [-0.25, -0.2) is 0 Å². The van der Waals surface area contributed by atoms with Crippen LogP contribution in [-0.2, 0) is 9.59 Å². The van der Waals surface area contributed by atoms with E-state index >= 15 is 0 Å². The molecule has 0 aliphatic carbocycles. The van der Waals surface area contributed by atoms with Crippen LogP contribution < -0.4 is 15.5 Å². The number of nitrogens with one attached hydrogen (secondary N) is 1. The summed E-state index contributed by atoms with van der Waals surface area (Å²) in [5.41, 5.74) is 0.181. The highest BCUT2D eigenvalue weighted by Gasteiger charge is 2.26. The van der Waals surface area contributed by atoms with Crippen molar-refractivity contribution < 1.29 is 24.9 Å². The van der Waals surface area contributed by atoms with Gasteiger partial charge in [-0.3, -0.25) is 0 Å². The van der Waals surface area contributed by atoms with Crippen molar-refractivity contribution in [3.8, 4) is 0 Å². The van der Waals surface area contributed by atoms with Crippen molar-refractivity contribution in [1.82, 2.24) is 5.32 Å². The molecule has 1 unspecified atom stereocenters. The summed E-state index contributed by atoms with van der Waals surface area (Å²) in [6.07, 6.45) is 1.11. The molecule has 14 heavy (non-hydrogen) atoms. The zero-order valence-electron chi connectivity index (χ0n) is 7.91. The lowest BCUT2D eigenvalue weighted by molar-refractivity contribution is -0.345. The van der Waals surface area contributed by atoms with Gasteiger partial charge in [-0.05, 0) is 13.0 Å². The molecule has 1 heterocycles. The van der Waals surface area contributed by atoms with Crippen LogP contribution in [0.3, 0.4) is 0 Å². The molecule has 6 nitrogen and oxygen atoms in total. The first-order valence-corrected chi connectivity index (χ1v) is 4.15. The second-order valence-corrected chi connectivity index (χ2v) is 3.47. The topological polar surface area (TPSA) is 113 Å². The van der Waals surface area contributed by atoms with Gasteiger partial charge in [0, 0.05) is 18.6 Å². The minimum atomic E-state index is -2.19. The maximum absolute atomic E-state index is 8.93. The first-order chi connectivity index (χ1) is 6.41. The summed E-state index contributed by atoms with van der Waals surface area (Å²) in [7, 11) is 0. The third kappa shape index (κ3) is 4.78. The Balaban J connectivity index is 0.000000255. The number of hydrogen-bond acceptors (Lipinski definition) is 6. The van der Waals surface area contributed by atoms with Crippen molar-refractivity contribution in [3.05, 3.63) is 0 Å². The van der Waals surface area contributed by atoms with Gasteiger partial charge in [0.1, 0.15) is 0 Å². The second-order valence-electron chi connectivity index (χ2n) is 3.47. The molecular formula is C8H13NO5-2. The number of carboxylic acid groups (broad SMARTS) is 2. The van der Waals surface area contributed by atoms with Crippen LogP contribution in [0.5, 0.6) is 0 Å². The van der Waals surface area contributed by atoms with E-state index in [1.165, 1.54) is 0 Å². The van der Waals surface area contributed by atoms with Crippen LogP contribution in [0.25, 0.3) is 0 Å². The maximum atomic E-state index is 8.93. The van der Waals surface area contributed by atoms with Crippen molar-refractivity contribution in [3.63, 3.8) is 0 Å². The van der Waals surface area contributed by atoms with Gasteiger partial charge in [0.05, 0.1) is 11.9 Å². The zero-order chi connectivity index (χ0) is 11.2. The van der Waals surface area contributed by atoms with Gasteiger partial charge in [0.2, 0.25) is 0 Å². The molecule has 1 atom stereocenters. The molecule has 0 aromatic carbocycles. The molecule has 0 aromatic heterocycles. The van der Waals surface area contributed by atoms with E-state index in [-0.39, 0.29) is 5.41 Å². The minimum Gasteiger partial charge on any atom is -0.543 e. The molecule has 1 aliphatic rings. The average molecular weight is 203 g/mol. The van der Waals surface area contributed by atoms with Crippen LogP contribution in [0.4, 0.5) is 0 Å². The molecule has 0 spiro atoms. The van der Waals surface area contributed by atoms with E-state index in [2.05, 4.69) is 12.2 Å². The highest BCUT2D eigenvalue weighted by atomic mass is 16.4. The van der Waals surface area contributed by atoms with E-state index in [4.69, 9.17) is 24.9 Å². The molecule has 82 valence electrons. The summed E-state index contributed by atoms with van der Waals surface area (Å²) < 4.78 is 0. The fourth-order valence-corrected chi connectivity index (χ4v) is 1.00. The standard InChI is InChI=1S/C6H13NO.C2H2O4/c1-6(5-8)2-3-7-4-6;3-1(4)2(5)6/h7-8H,2-5H2,1H3;(H,3,4)(H,5,6)/p-2. The number of carbonyl (C=O) groups is 2. The van der Waals surface area contributed by atoms with Crippen LogP contribution in [0.1, 0.15) is 13.3 Å². The molecule has 0 radical (unpaired) electrons. The normalized spacial score (nSPS) is 25.0. The first-order valence-electron chi connectivity index (χ1n) is 4.15. The highest BCUT2D eigenvalue weighted by molar-refractivity contribution is 6.25. The largest absolute Gasteiger partial charge is 0.543 e. The highest BCUT2D eigenvalue weighted by Crippen LogP contribution is 2.22. The van der Waals surface area contributed by atoms with E-state index in [0.29, 0.717) is 6.61 Å². The third-order valence-corrected chi connectivity index (χ3v) is 2.01. The Morgan fingerprint density at radius 3 is 2.07 bits per heavy atom. The molecule has 6 heteroatoms. The van der Waals surface area contributed by atoms with Gasteiger partial charge in [0.15, 0.2) is 0 Å². The van der Waals surface area contributed by atoms with Gasteiger partial charge in [0.25, 0.3) is 0 Å². The van der Waals surface area contributed by atoms with Crippen LogP contribution in [-0.4, -0.2) is 36.7 Å². The van der Waals surface area contributed by atoms with Gasteiger partial charge >= 0.3 is 0 Å². The van der Waals surface area contributed by atoms with Crippen molar-refractivity contribution in [1.29, 1.82) is 0 Å². The molecule has 2 N–H and O–H groups in total. The Labute approximate surface area is 81.5 Å². The van der Waals surface area contributed by atoms with E-state index in [1.54, 1.807) is 0 Å². The molecule has 1 fully saturated rings. The number of carbonyl (C=O) groups excluding carboxylic acids is 2. The lowest BCUT2D eigenvalue weighted by Gasteiger charge is -2.17. The number of aliphatic hydroxyl groups excluding tert-OH is 1. The van der Waals surface area contributed by atoms with Crippen molar-refractivity contribution in [2.75, 3.05) is 19.7 Å². The predicted octanol–water partition coefficient (Wildman–Crippen LogP) is -3.54. The van der Waals surface area contributed by atoms with E-state index in [9.17, 15) is 0 Å². The maximum Gasteiger partial charge on any atom is 0.0870 e. The molecular weight excluding hydrogens is 190 g/mol. The van der Waals surface area contributed by atoms with Crippen molar-refractivity contribution >= 4 is 11.9 Å². The predicted molar refractivity (Wildman–Crippen MR) is 42.7 cm³/mol. The second kappa shape index (κ2) is 5.56. The SMILES string of the molecule is CC1(CO)CCNC1.O=C([O-])C(=O)[O-]. The average Bonchev–Trinajstić information content (AvgIpc) is 2.54. The van der Waals surface area contributed by atoms with Crippen LogP contribution in [0.15, 0.2) is 0 Å². The third-order valence-electron chi connectivity index (χ3n) is 2.01. The Morgan fingerprint density at radius 1 is 1.43 bits per heavy atom. The minimum absolute atomic E-state index is 0.181. The molecule has 0 amide bonds. The molecule has 0 saturated carbocycles. The number of rotatable bonds is 1. The van der Waals surface area contributed by atoms with E-state index in [0.717, 1.165) is 19.5 Å². The van der Waals surface area contributed by atoms with Crippen LogP contribution in [0.2, 0.25) is 0 Å². The molecule has 1 saturated heterocycles. The number of aliphatic carboxylic acids is 2. The van der Waals surface area contributed by atoms with E-state index in [1.807, 2.05) is 0 Å². The summed E-state index contributed by atoms with van der Waals surface area (Å²) in [5.74, 6) is -4.37. The Morgan fingerprint density at radius 2 is 1.93 bits per heavy atom. The number of aliphatic hydroxyl groups is 1. The van der Waals surface area contributed by atoms with E-state index < -0.39 is 11.9 Å². The molecule has 1 rings (SSSR count). The number of hydrogen-bond donors (Lipinski definition) is 2. The summed E-state index contributed by atoms with van der Waals surface area (Å²) in [5, 5.41) is 29.8. The fourth-order valence-electron chi connectivity index (χ4n) is 1.00. The number of carboxylic acids is 2. The summed E-state index contributed by atoms with van der Waals surface area (Å²) in [6.45, 7) is 4.47.